The number of rotatable bonds is 3. The molecule has 0 saturated carbocycles. The van der Waals surface area contributed by atoms with Gasteiger partial charge in [0.05, 0.1) is 5.52 Å². The molecule has 0 spiro atoms. The molecule has 3 aromatic rings. The summed E-state index contributed by atoms with van der Waals surface area (Å²) in [4.78, 5) is 18.5. The predicted octanol–water partition coefficient (Wildman–Crippen LogP) is 2.72. The van der Waals surface area contributed by atoms with Crippen LogP contribution in [0.1, 0.15) is 26.3 Å². The summed E-state index contributed by atoms with van der Waals surface area (Å²) in [6, 6.07) is 10.8. The maximum Gasteiger partial charge on any atom is 0.417 e. The van der Waals surface area contributed by atoms with Crippen LogP contribution in [0.2, 0.25) is 0 Å². The molecular weight excluding hydrogens is 386 g/mol. The molecule has 1 unspecified atom stereocenters. The number of anilines is 1. The Labute approximate surface area is 171 Å². The van der Waals surface area contributed by atoms with Crippen molar-refractivity contribution in [2.75, 3.05) is 5.32 Å². The van der Waals surface area contributed by atoms with Gasteiger partial charge in [0.2, 0.25) is 11.6 Å². The summed E-state index contributed by atoms with van der Waals surface area (Å²) in [5.74, 6) is -0.430. The molecule has 3 heterocycles. The third kappa shape index (κ3) is 3.09. The number of fused-ring (bicyclic) bond motifs is 2. The molecule has 5 rings (SSSR count). The summed E-state index contributed by atoms with van der Waals surface area (Å²) >= 11 is 0. The SMILES string of the molecule is CC1=C(Nc2ccc3oc(=O)[nH]c3c2)NC(N)(c2ccc3c(c2)OC(C)(C)O3)N=C1. The summed E-state index contributed by atoms with van der Waals surface area (Å²) in [5, 5.41) is 6.57. The number of aliphatic imine (C=N–C) groups is 1. The molecule has 0 saturated heterocycles. The number of nitrogens with zero attached hydrogens (tertiary/aromatic N) is 1. The monoisotopic (exact) mass is 407 g/mol. The van der Waals surface area contributed by atoms with E-state index in [1.807, 2.05) is 45.0 Å². The van der Waals surface area contributed by atoms with Gasteiger partial charge in [0, 0.05) is 36.9 Å². The molecule has 2 aromatic carbocycles. The second-order valence-electron chi connectivity index (χ2n) is 7.82. The van der Waals surface area contributed by atoms with E-state index in [1.165, 1.54) is 0 Å². The lowest BCUT2D eigenvalue weighted by Crippen LogP contribution is -2.51. The van der Waals surface area contributed by atoms with Gasteiger partial charge in [-0.05, 0) is 43.3 Å². The minimum atomic E-state index is -1.19. The Hall–Kier alpha value is -3.72. The Bertz CT molecular complexity index is 1290. The summed E-state index contributed by atoms with van der Waals surface area (Å²) in [7, 11) is 0. The van der Waals surface area contributed by atoms with Gasteiger partial charge in [0.1, 0.15) is 5.82 Å². The number of hydrogen-bond donors (Lipinski definition) is 4. The van der Waals surface area contributed by atoms with E-state index in [0.717, 1.165) is 16.8 Å². The lowest BCUT2D eigenvalue weighted by atomic mass is 10.1. The van der Waals surface area contributed by atoms with E-state index in [-0.39, 0.29) is 0 Å². The van der Waals surface area contributed by atoms with Gasteiger partial charge in [-0.2, -0.15) is 0 Å². The fourth-order valence-corrected chi connectivity index (χ4v) is 3.49. The third-order valence-electron chi connectivity index (χ3n) is 4.96. The molecule has 154 valence electrons. The molecule has 9 heteroatoms. The number of ether oxygens (including phenoxy) is 2. The van der Waals surface area contributed by atoms with Gasteiger partial charge in [0.15, 0.2) is 17.1 Å². The van der Waals surface area contributed by atoms with Gasteiger partial charge < -0.3 is 24.5 Å². The van der Waals surface area contributed by atoms with Gasteiger partial charge in [-0.3, -0.25) is 10.7 Å². The molecule has 5 N–H and O–H groups in total. The number of nitrogens with two attached hydrogens (primary N) is 1. The second-order valence-corrected chi connectivity index (χ2v) is 7.82. The molecule has 0 radical (unpaired) electrons. The molecule has 2 aliphatic rings. The van der Waals surface area contributed by atoms with Crippen molar-refractivity contribution in [3.8, 4) is 11.5 Å². The number of nitrogens with one attached hydrogen (secondary N) is 3. The van der Waals surface area contributed by atoms with Crippen molar-refractivity contribution in [3.05, 3.63) is 63.9 Å². The molecule has 0 aliphatic carbocycles. The van der Waals surface area contributed by atoms with Crippen LogP contribution >= 0.6 is 0 Å². The zero-order valence-corrected chi connectivity index (χ0v) is 16.7. The minimum Gasteiger partial charge on any atom is -0.449 e. The maximum atomic E-state index is 11.4. The first-order chi connectivity index (χ1) is 14.2. The highest BCUT2D eigenvalue weighted by Crippen LogP contribution is 2.41. The zero-order chi connectivity index (χ0) is 21.1. The van der Waals surface area contributed by atoms with Crippen LogP contribution in [0.25, 0.3) is 11.1 Å². The third-order valence-corrected chi connectivity index (χ3v) is 4.96. The first kappa shape index (κ1) is 18.3. The number of benzene rings is 2. The van der Waals surface area contributed by atoms with Gasteiger partial charge in [-0.15, -0.1) is 0 Å². The average Bonchev–Trinajstić information content (AvgIpc) is 3.20. The Balaban J connectivity index is 1.43. The van der Waals surface area contributed by atoms with E-state index in [2.05, 4.69) is 20.6 Å². The Morgan fingerprint density at radius 1 is 1.10 bits per heavy atom. The number of allylic oxidation sites excluding steroid dienone is 1. The maximum absolute atomic E-state index is 11.4. The van der Waals surface area contributed by atoms with E-state index < -0.39 is 17.3 Å². The van der Waals surface area contributed by atoms with Crippen molar-refractivity contribution in [2.24, 2.45) is 10.7 Å². The highest BCUT2D eigenvalue weighted by atomic mass is 16.7. The molecule has 0 fully saturated rings. The Morgan fingerprint density at radius 3 is 2.73 bits per heavy atom. The zero-order valence-electron chi connectivity index (χ0n) is 16.7. The number of aromatic amines is 1. The highest BCUT2D eigenvalue weighted by Gasteiger charge is 2.35. The van der Waals surface area contributed by atoms with Gasteiger partial charge >= 0.3 is 5.76 Å². The van der Waals surface area contributed by atoms with Crippen LogP contribution in [0.5, 0.6) is 11.5 Å². The Kier molecular flexibility index (Phi) is 3.75. The van der Waals surface area contributed by atoms with Gasteiger partial charge in [-0.25, -0.2) is 9.79 Å². The quantitative estimate of drug-likeness (QED) is 0.526. The largest absolute Gasteiger partial charge is 0.449 e. The lowest BCUT2D eigenvalue weighted by Gasteiger charge is -2.33. The summed E-state index contributed by atoms with van der Waals surface area (Å²) in [6.45, 7) is 5.61. The molecule has 2 aliphatic heterocycles. The normalized spacial score (nSPS) is 21.7. The molecule has 9 nitrogen and oxygen atoms in total. The summed E-state index contributed by atoms with van der Waals surface area (Å²) in [5.41, 5.74) is 10.0. The van der Waals surface area contributed by atoms with E-state index in [0.29, 0.717) is 28.4 Å². The topological polar surface area (TPSA) is 127 Å². The van der Waals surface area contributed by atoms with E-state index >= 15 is 0 Å². The summed E-state index contributed by atoms with van der Waals surface area (Å²) < 4.78 is 16.6. The van der Waals surface area contributed by atoms with Crippen molar-refractivity contribution in [1.29, 1.82) is 0 Å². The summed E-state index contributed by atoms with van der Waals surface area (Å²) in [6.07, 6.45) is 1.71. The molecule has 30 heavy (non-hydrogen) atoms. The van der Waals surface area contributed by atoms with Gasteiger partial charge in [-0.1, -0.05) is 0 Å². The first-order valence-electron chi connectivity index (χ1n) is 9.46. The molecule has 1 aromatic heterocycles. The molecular formula is C21H21N5O4. The molecule has 1 atom stereocenters. The van der Waals surface area contributed by atoms with Crippen molar-refractivity contribution in [2.45, 2.75) is 32.3 Å². The number of aromatic nitrogens is 1. The predicted molar refractivity (Wildman–Crippen MR) is 112 cm³/mol. The van der Waals surface area contributed by atoms with E-state index in [4.69, 9.17) is 19.6 Å². The van der Waals surface area contributed by atoms with Crippen molar-refractivity contribution >= 4 is 23.0 Å². The fraction of sp³-hybridized carbons (Fsp3) is 0.238. The standard InChI is InChI=1S/C21H21N5O4/c1-11-10-23-21(22,12-4-6-16-17(8-12)30-20(2,3)29-16)26-18(11)24-13-5-7-15-14(9-13)25-19(27)28-15/h4-10,24,26H,22H2,1-3H3,(H,25,27). The first-order valence-corrected chi connectivity index (χ1v) is 9.46. The van der Waals surface area contributed by atoms with Crippen LogP contribution in [0, 0.1) is 0 Å². The number of H-pyrrole nitrogens is 1. The lowest BCUT2D eigenvalue weighted by molar-refractivity contribution is -0.0431. The van der Waals surface area contributed by atoms with Crippen LogP contribution in [0.15, 0.2) is 62.0 Å². The highest BCUT2D eigenvalue weighted by molar-refractivity contribution is 5.83. The minimum absolute atomic E-state index is 0.492. The van der Waals surface area contributed by atoms with Crippen LogP contribution < -0.4 is 31.6 Å². The second kappa shape index (κ2) is 6.14. The average molecular weight is 407 g/mol. The fourth-order valence-electron chi connectivity index (χ4n) is 3.49. The molecule has 0 bridgehead atoms. The van der Waals surface area contributed by atoms with Crippen LogP contribution in [-0.2, 0) is 5.79 Å². The van der Waals surface area contributed by atoms with Crippen LogP contribution in [-0.4, -0.2) is 17.0 Å². The van der Waals surface area contributed by atoms with Crippen molar-refractivity contribution in [1.82, 2.24) is 10.3 Å². The van der Waals surface area contributed by atoms with Crippen LogP contribution in [0.3, 0.4) is 0 Å². The Morgan fingerprint density at radius 2 is 1.90 bits per heavy atom. The van der Waals surface area contributed by atoms with Crippen molar-refractivity contribution < 1.29 is 13.9 Å². The molecule has 0 amide bonds. The smallest absolute Gasteiger partial charge is 0.417 e. The van der Waals surface area contributed by atoms with Crippen molar-refractivity contribution in [3.63, 3.8) is 0 Å². The number of oxazole rings is 1. The van der Waals surface area contributed by atoms with Gasteiger partial charge in [0.25, 0.3) is 0 Å². The van der Waals surface area contributed by atoms with E-state index in [9.17, 15) is 4.79 Å². The van der Waals surface area contributed by atoms with Crippen LogP contribution in [0.4, 0.5) is 5.69 Å². The van der Waals surface area contributed by atoms with E-state index in [1.54, 1.807) is 18.3 Å². The number of hydrogen-bond acceptors (Lipinski definition) is 8.